The molecule has 3 amide bonds. The van der Waals surface area contributed by atoms with Gasteiger partial charge in [-0.15, -0.1) is 11.3 Å². The first-order chi connectivity index (χ1) is 16.5. The first kappa shape index (κ1) is 27.6. The number of hydrogen-bond donors (Lipinski definition) is 2. The van der Waals surface area contributed by atoms with Crippen LogP contribution in [-0.4, -0.2) is 74.2 Å². The summed E-state index contributed by atoms with van der Waals surface area (Å²) in [4.78, 5) is 41.8. The molecule has 2 N–H and O–H groups in total. The summed E-state index contributed by atoms with van der Waals surface area (Å²) in [6.07, 6.45) is 4.47. The van der Waals surface area contributed by atoms with Gasteiger partial charge in [0.1, 0.15) is 6.04 Å². The number of nitrogens with one attached hydrogen (secondary N) is 2. The Morgan fingerprint density at radius 2 is 1.97 bits per heavy atom. The summed E-state index contributed by atoms with van der Waals surface area (Å²) in [6.45, 7) is 5.23. The van der Waals surface area contributed by atoms with Gasteiger partial charge in [0.25, 0.3) is 0 Å². The third kappa shape index (κ3) is 8.30. The fourth-order valence-corrected chi connectivity index (χ4v) is 6.39. The quantitative estimate of drug-likeness (QED) is 0.469. The van der Waals surface area contributed by atoms with E-state index in [1.165, 1.54) is 22.3 Å². The predicted molar refractivity (Wildman–Crippen MR) is 137 cm³/mol. The minimum absolute atomic E-state index is 0.0307. The summed E-state index contributed by atoms with van der Waals surface area (Å²) in [7, 11) is -3.85. The molecule has 0 spiro atoms. The van der Waals surface area contributed by atoms with Gasteiger partial charge < -0.3 is 15.1 Å². The predicted octanol–water partition coefficient (Wildman–Crippen LogP) is 2.44. The number of rotatable bonds is 10. The van der Waals surface area contributed by atoms with Crippen LogP contribution in [0.4, 0.5) is 0 Å². The number of sulfonamides is 1. The molecule has 0 radical (unpaired) electrons. The van der Waals surface area contributed by atoms with Crippen molar-refractivity contribution < 1.29 is 22.8 Å². The molecule has 2 atom stereocenters. The Hall–Kier alpha value is -1.95. The van der Waals surface area contributed by atoms with E-state index in [9.17, 15) is 22.8 Å². The minimum Gasteiger partial charge on any atom is -0.354 e. The second kappa shape index (κ2) is 12.3. The molecule has 3 rings (SSSR count). The van der Waals surface area contributed by atoms with Crippen molar-refractivity contribution in [2.75, 3.05) is 26.2 Å². The van der Waals surface area contributed by atoms with Gasteiger partial charge in [0.2, 0.25) is 27.7 Å². The van der Waals surface area contributed by atoms with Crippen LogP contribution in [0.25, 0.3) is 6.08 Å². The van der Waals surface area contributed by atoms with Crippen LogP contribution in [0.5, 0.6) is 0 Å². The van der Waals surface area contributed by atoms with Gasteiger partial charge in [0.05, 0.1) is 10.9 Å². The maximum atomic E-state index is 13.0. The van der Waals surface area contributed by atoms with E-state index in [0.717, 1.165) is 18.2 Å². The van der Waals surface area contributed by atoms with E-state index >= 15 is 0 Å². The van der Waals surface area contributed by atoms with Crippen LogP contribution >= 0.6 is 22.9 Å². The molecule has 1 aromatic heterocycles. The fraction of sp³-hybridized carbons (Fsp3) is 0.609. The molecule has 2 aliphatic rings. The summed E-state index contributed by atoms with van der Waals surface area (Å²) in [5.41, 5.74) is 0. The summed E-state index contributed by atoms with van der Waals surface area (Å²) < 4.78 is 28.0. The Balaban J connectivity index is 1.54. The zero-order valence-electron chi connectivity index (χ0n) is 20.0. The normalized spacial score (nSPS) is 21.3. The van der Waals surface area contributed by atoms with E-state index in [-0.39, 0.29) is 30.3 Å². The highest BCUT2D eigenvalue weighted by Crippen LogP contribution is 2.23. The number of halogens is 1. The molecular formula is C23H33ClN4O5S2. The Morgan fingerprint density at radius 3 is 2.66 bits per heavy atom. The van der Waals surface area contributed by atoms with Crippen LogP contribution in [0.15, 0.2) is 17.5 Å². The molecule has 35 heavy (non-hydrogen) atoms. The van der Waals surface area contributed by atoms with E-state index < -0.39 is 22.0 Å². The lowest BCUT2D eigenvalue weighted by molar-refractivity contribution is -0.143. The zero-order chi connectivity index (χ0) is 25.6. The molecule has 0 unspecified atom stereocenters. The van der Waals surface area contributed by atoms with Gasteiger partial charge in [-0.1, -0.05) is 25.4 Å². The van der Waals surface area contributed by atoms with Crippen molar-refractivity contribution >= 4 is 56.8 Å². The Kier molecular flexibility index (Phi) is 9.74. The van der Waals surface area contributed by atoms with Crippen molar-refractivity contribution in [1.29, 1.82) is 0 Å². The van der Waals surface area contributed by atoms with Gasteiger partial charge in [-0.3, -0.25) is 14.4 Å². The molecular weight excluding hydrogens is 512 g/mol. The molecule has 12 heteroatoms. The maximum absolute atomic E-state index is 13.0. The molecule has 0 aliphatic carbocycles. The standard InChI is InChI=1S/C23H33ClN4O5S2/c1-16(2)13-21(29)25-14-17-5-3-11-28(17)22(30)15-27-10-4-6-19(23(27)31)26-35(32,33)12-9-18-7-8-20(24)34-18/h7-9,12,16-17,19,26H,3-6,10-11,13-15H2,1-2H3,(H,25,29)/b12-9+/t17-,19-/m0/s1. The van der Waals surface area contributed by atoms with Crippen LogP contribution in [0.2, 0.25) is 4.34 Å². The largest absolute Gasteiger partial charge is 0.354 e. The number of nitrogens with zero attached hydrogens (tertiary/aromatic N) is 2. The summed E-state index contributed by atoms with van der Waals surface area (Å²) in [5, 5.41) is 3.93. The highest BCUT2D eigenvalue weighted by Gasteiger charge is 2.35. The average Bonchev–Trinajstić information content (AvgIpc) is 3.42. The number of carbonyl (C=O) groups is 3. The summed E-state index contributed by atoms with van der Waals surface area (Å²) in [6, 6.07) is 2.38. The summed E-state index contributed by atoms with van der Waals surface area (Å²) in [5.74, 6) is -0.355. The van der Waals surface area contributed by atoms with Gasteiger partial charge >= 0.3 is 0 Å². The van der Waals surface area contributed by atoms with Crippen molar-refractivity contribution in [2.24, 2.45) is 5.92 Å². The van der Waals surface area contributed by atoms with Gasteiger partial charge in [0.15, 0.2) is 0 Å². The molecule has 2 fully saturated rings. The van der Waals surface area contributed by atoms with E-state index in [1.807, 2.05) is 13.8 Å². The van der Waals surface area contributed by atoms with Crippen molar-refractivity contribution in [3.05, 3.63) is 26.8 Å². The first-order valence-corrected chi connectivity index (χ1v) is 14.6. The monoisotopic (exact) mass is 544 g/mol. The van der Waals surface area contributed by atoms with Crippen LogP contribution < -0.4 is 10.0 Å². The topological polar surface area (TPSA) is 116 Å². The van der Waals surface area contributed by atoms with Crippen LogP contribution in [0.3, 0.4) is 0 Å². The average molecular weight is 545 g/mol. The smallest absolute Gasteiger partial charge is 0.242 e. The molecule has 2 aliphatic heterocycles. The third-order valence-corrected chi connectivity index (χ3v) is 8.30. The second-order valence-corrected chi connectivity index (χ2v) is 12.7. The van der Waals surface area contributed by atoms with Gasteiger partial charge in [0, 0.05) is 42.4 Å². The number of thiophene rings is 1. The minimum atomic E-state index is -3.85. The number of amides is 3. The third-order valence-electron chi connectivity index (χ3n) is 5.99. The highest BCUT2D eigenvalue weighted by atomic mass is 35.5. The molecule has 2 saturated heterocycles. The van der Waals surface area contributed by atoms with Crippen molar-refractivity contribution in [2.45, 2.75) is 58.0 Å². The molecule has 194 valence electrons. The SMILES string of the molecule is CC(C)CC(=O)NC[C@@H]1CCCN1C(=O)CN1CCC[C@H](NS(=O)(=O)/C=C/c2ccc(Cl)s2)C1=O. The highest BCUT2D eigenvalue weighted by molar-refractivity contribution is 7.92. The van der Waals surface area contributed by atoms with Gasteiger partial charge in [-0.2, -0.15) is 4.72 Å². The van der Waals surface area contributed by atoms with E-state index in [0.29, 0.717) is 48.1 Å². The number of hydrogen-bond acceptors (Lipinski definition) is 6. The lowest BCUT2D eigenvalue weighted by Gasteiger charge is -2.34. The van der Waals surface area contributed by atoms with Crippen molar-refractivity contribution in [3.8, 4) is 0 Å². The Bertz CT molecular complexity index is 1060. The van der Waals surface area contributed by atoms with Crippen LogP contribution in [0, 0.1) is 5.92 Å². The van der Waals surface area contributed by atoms with Gasteiger partial charge in [-0.05, 0) is 49.8 Å². The number of piperidine rings is 1. The molecule has 0 aromatic carbocycles. The van der Waals surface area contributed by atoms with E-state index in [4.69, 9.17) is 11.6 Å². The zero-order valence-corrected chi connectivity index (χ0v) is 22.4. The molecule has 0 saturated carbocycles. The van der Waals surface area contributed by atoms with Crippen LogP contribution in [0.1, 0.15) is 50.8 Å². The first-order valence-electron chi connectivity index (χ1n) is 11.8. The molecule has 0 bridgehead atoms. The number of carbonyl (C=O) groups excluding carboxylic acids is 3. The van der Waals surface area contributed by atoms with Gasteiger partial charge in [-0.25, -0.2) is 8.42 Å². The lowest BCUT2D eigenvalue weighted by atomic mass is 10.1. The lowest BCUT2D eigenvalue weighted by Crippen LogP contribution is -2.55. The number of likely N-dealkylation sites (tertiary alicyclic amines) is 2. The van der Waals surface area contributed by atoms with Crippen molar-refractivity contribution in [3.63, 3.8) is 0 Å². The second-order valence-electron chi connectivity index (χ2n) is 9.35. The summed E-state index contributed by atoms with van der Waals surface area (Å²) >= 11 is 7.12. The molecule has 1 aromatic rings. The van der Waals surface area contributed by atoms with E-state index in [2.05, 4.69) is 10.0 Å². The van der Waals surface area contributed by atoms with Crippen molar-refractivity contribution in [1.82, 2.24) is 19.8 Å². The molecule has 3 heterocycles. The fourth-order valence-electron chi connectivity index (χ4n) is 4.32. The maximum Gasteiger partial charge on any atom is 0.242 e. The molecule has 9 nitrogen and oxygen atoms in total. The Morgan fingerprint density at radius 1 is 1.23 bits per heavy atom. The van der Waals surface area contributed by atoms with E-state index in [1.54, 1.807) is 17.0 Å². The Labute approximate surface area is 215 Å². The van der Waals surface area contributed by atoms with Crippen LogP contribution in [-0.2, 0) is 24.4 Å².